The number of carbonyl (C=O) groups is 1. The molecular weight excluding hydrogens is 485 g/mol. The van der Waals surface area contributed by atoms with E-state index in [1.165, 1.54) is 13.0 Å². The molecule has 2 aromatic carbocycles. The quantitative estimate of drug-likeness (QED) is 0.504. The maximum atomic E-state index is 14.1. The fourth-order valence-electron chi connectivity index (χ4n) is 4.89. The zero-order chi connectivity index (χ0) is 22.9. The van der Waals surface area contributed by atoms with Gasteiger partial charge in [0, 0.05) is 47.0 Å². The van der Waals surface area contributed by atoms with Crippen molar-refractivity contribution >= 4 is 33.2 Å². The Morgan fingerprint density at radius 2 is 1.78 bits per heavy atom. The molecule has 2 aliphatic rings. The monoisotopic (exact) mass is 510 g/mol. The second kappa shape index (κ2) is 9.43. The smallest absolute Gasteiger partial charge is 0.378 e. The van der Waals surface area contributed by atoms with Crippen LogP contribution < -0.4 is 10.2 Å². The van der Waals surface area contributed by atoms with Gasteiger partial charge in [-0.05, 0) is 48.6 Å². The van der Waals surface area contributed by atoms with Gasteiger partial charge in [-0.2, -0.15) is 13.2 Å². The van der Waals surface area contributed by atoms with Gasteiger partial charge in [-0.3, -0.25) is 4.79 Å². The summed E-state index contributed by atoms with van der Waals surface area (Å²) < 4.78 is 48.3. The van der Waals surface area contributed by atoms with Crippen molar-refractivity contribution < 1.29 is 22.7 Å². The Morgan fingerprint density at radius 3 is 2.41 bits per heavy atom. The van der Waals surface area contributed by atoms with Crippen LogP contribution in [0.3, 0.4) is 0 Å². The first kappa shape index (κ1) is 23.1. The minimum Gasteiger partial charge on any atom is -0.378 e. The third-order valence-electron chi connectivity index (χ3n) is 6.22. The molecule has 1 aliphatic heterocycles. The molecule has 0 radical (unpaired) electrons. The molecule has 0 aromatic heterocycles. The summed E-state index contributed by atoms with van der Waals surface area (Å²) in [7, 11) is 0. The Kier molecular flexibility index (Phi) is 6.81. The average molecular weight is 511 g/mol. The first-order valence-electron chi connectivity index (χ1n) is 10.9. The molecule has 4 nitrogen and oxygen atoms in total. The molecule has 4 rings (SSSR count). The van der Waals surface area contributed by atoms with Gasteiger partial charge in [-0.1, -0.05) is 34.8 Å². The van der Waals surface area contributed by atoms with Crippen LogP contribution in [-0.4, -0.2) is 32.2 Å². The molecule has 1 saturated heterocycles. The Hall–Kier alpha value is -2.06. The predicted octanol–water partition coefficient (Wildman–Crippen LogP) is 6.59. The summed E-state index contributed by atoms with van der Waals surface area (Å²) in [6.07, 6.45) is -0.619. The van der Waals surface area contributed by atoms with Crippen molar-refractivity contribution in [2.75, 3.05) is 36.5 Å². The Morgan fingerprint density at radius 1 is 1.09 bits per heavy atom. The number of anilines is 2. The van der Waals surface area contributed by atoms with Crippen LogP contribution in [0.4, 0.5) is 24.5 Å². The number of hydrogen-bond acceptors (Lipinski definition) is 3. The van der Waals surface area contributed by atoms with E-state index >= 15 is 0 Å². The second-order valence-electron chi connectivity index (χ2n) is 8.34. The molecule has 32 heavy (non-hydrogen) atoms. The summed E-state index contributed by atoms with van der Waals surface area (Å²) in [5.74, 6) is -0.187. The summed E-state index contributed by atoms with van der Waals surface area (Å²) in [5.41, 5.74) is 2.09. The minimum atomic E-state index is -4.53. The minimum absolute atomic E-state index is 0.0840. The number of amides is 1. The van der Waals surface area contributed by atoms with E-state index in [2.05, 4.69) is 26.1 Å². The molecular formula is C24H26BrF3N2O2. The summed E-state index contributed by atoms with van der Waals surface area (Å²) in [6.45, 7) is 3.90. The second-order valence-corrected chi connectivity index (χ2v) is 9.20. The van der Waals surface area contributed by atoms with Gasteiger partial charge in [0.2, 0.25) is 5.91 Å². The van der Waals surface area contributed by atoms with Gasteiger partial charge in [0.1, 0.15) is 0 Å². The third kappa shape index (κ3) is 4.66. The van der Waals surface area contributed by atoms with Gasteiger partial charge >= 0.3 is 6.18 Å². The third-order valence-corrected chi connectivity index (χ3v) is 6.88. The Labute approximate surface area is 194 Å². The van der Waals surface area contributed by atoms with Crippen molar-refractivity contribution in [3.05, 3.63) is 45.9 Å². The number of rotatable bonds is 4. The molecule has 2 aromatic rings. The average Bonchev–Trinajstić information content (AvgIpc) is 3.28. The lowest BCUT2D eigenvalue weighted by atomic mass is 9.84. The summed E-state index contributed by atoms with van der Waals surface area (Å²) in [5, 5.41) is 2.80. The van der Waals surface area contributed by atoms with Gasteiger partial charge in [0.15, 0.2) is 0 Å². The molecule has 2 fully saturated rings. The lowest BCUT2D eigenvalue weighted by Crippen LogP contribution is -2.37. The number of nitrogens with one attached hydrogen (secondary N) is 1. The van der Waals surface area contributed by atoms with E-state index in [9.17, 15) is 18.0 Å². The number of alkyl halides is 3. The van der Waals surface area contributed by atoms with E-state index in [-0.39, 0.29) is 17.4 Å². The Bertz CT molecular complexity index is 997. The maximum absolute atomic E-state index is 14.1. The summed E-state index contributed by atoms with van der Waals surface area (Å²) >= 11 is 3.39. The summed E-state index contributed by atoms with van der Waals surface area (Å²) in [4.78, 5) is 14.2. The molecule has 1 heterocycles. The number of carbonyl (C=O) groups excluding carboxylic acids is 1. The van der Waals surface area contributed by atoms with Crippen LogP contribution in [0.1, 0.15) is 49.7 Å². The number of benzene rings is 2. The van der Waals surface area contributed by atoms with Crippen LogP contribution in [0.2, 0.25) is 0 Å². The van der Waals surface area contributed by atoms with Gasteiger partial charge in [-0.15, -0.1) is 0 Å². The first-order chi connectivity index (χ1) is 15.3. The molecule has 1 amide bonds. The largest absolute Gasteiger partial charge is 0.417 e. The lowest BCUT2D eigenvalue weighted by Gasteiger charge is -2.34. The zero-order valence-electron chi connectivity index (χ0n) is 17.9. The van der Waals surface area contributed by atoms with E-state index < -0.39 is 11.7 Å². The van der Waals surface area contributed by atoms with Crippen molar-refractivity contribution in [1.82, 2.24) is 0 Å². The van der Waals surface area contributed by atoms with Crippen LogP contribution in [0.25, 0.3) is 11.1 Å². The van der Waals surface area contributed by atoms with Gasteiger partial charge in [0.05, 0.1) is 18.8 Å². The highest BCUT2D eigenvalue weighted by molar-refractivity contribution is 9.10. The van der Waals surface area contributed by atoms with Crippen LogP contribution in [0, 0.1) is 0 Å². The number of morpholine rings is 1. The van der Waals surface area contributed by atoms with Crippen LogP contribution in [0.15, 0.2) is 34.8 Å². The molecule has 1 saturated carbocycles. The fraction of sp³-hybridized carbons (Fsp3) is 0.458. The lowest BCUT2D eigenvalue weighted by molar-refractivity contribution is -0.137. The SMILES string of the molecule is CC(=O)Nc1ccc(N2CCOCC2)c(C2CCCC2)c1-c1c(Br)cccc1C(F)(F)F. The number of hydrogen-bond donors (Lipinski definition) is 1. The van der Waals surface area contributed by atoms with E-state index in [1.807, 2.05) is 6.07 Å². The summed E-state index contributed by atoms with van der Waals surface area (Å²) in [6, 6.07) is 7.81. The maximum Gasteiger partial charge on any atom is 0.417 e. The molecule has 1 N–H and O–H groups in total. The van der Waals surface area contributed by atoms with Crippen molar-refractivity contribution in [2.45, 2.75) is 44.7 Å². The number of nitrogens with zero attached hydrogens (tertiary/aromatic N) is 1. The molecule has 0 bridgehead atoms. The van der Waals surface area contributed by atoms with E-state index in [4.69, 9.17) is 4.74 Å². The number of halogens is 4. The fourth-order valence-corrected chi connectivity index (χ4v) is 5.46. The molecule has 0 spiro atoms. The molecule has 1 aliphatic carbocycles. The number of ether oxygens (including phenoxy) is 1. The van der Waals surface area contributed by atoms with E-state index in [0.717, 1.165) is 43.0 Å². The highest BCUT2D eigenvalue weighted by Crippen LogP contribution is 2.51. The van der Waals surface area contributed by atoms with Gasteiger partial charge in [-0.25, -0.2) is 0 Å². The van der Waals surface area contributed by atoms with E-state index in [0.29, 0.717) is 42.0 Å². The molecule has 0 atom stereocenters. The van der Waals surface area contributed by atoms with Crippen molar-refractivity contribution in [3.63, 3.8) is 0 Å². The highest BCUT2D eigenvalue weighted by Gasteiger charge is 2.37. The van der Waals surface area contributed by atoms with Gasteiger partial charge in [0.25, 0.3) is 0 Å². The first-order valence-corrected chi connectivity index (χ1v) is 11.7. The van der Waals surface area contributed by atoms with Gasteiger partial charge < -0.3 is 15.0 Å². The molecule has 0 unspecified atom stereocenters. The topological polar surface area (TPSA) is 41.6 Å². The highest BCUT2D eigenvalue weighted by atomic mass is 79.9. The van der Waals surface area contributed by atoms with Crippen molar-refractivity contribution in [1.29, 1.82) is 0 Å². The van der Waals surface area contributed by atoms with Crippen LogP contribution >= 0.6 is 15.9 Å². The predicted molar refractivity (Wildman–Crippen MR) is 123 cm³/mol. The zero-order valence-corrected chi connectivity index (χ0v) is 19.5. The van der Waals surface area contributed by atoms with Crippen LogP contribution in [0.5, 0.6) is 0 Å². The standard InChI is InChI=1S/C24H26BrF3N2O2/c1-15(31)29-19-9-10-20(30-11-13-32-14-12-30)21(16-5-2-3-6-16)23(19)22-17(24(26,27)28)7-4-8-18(22)25/h4,7-10,16H,2-3,5-6,11-14H2,1H3,(H,29,31). The van der Waals surface area contributed by atoms with Crippen molar-refractivity contribution in [3.8, 4) is 11.1 Å². The van der Waals surface area contributed by atoms with E-state index in [1.54, 1.807) is 12.1 Å². The van der Waals surface area contributed by atoms with Crippen LogP contribution in [-0.2, 0) is 15.7 Å². The molecule has 172 valence electrons. The molecule has 8 heteroatoms. The van der Waals surface area contributed by atoms with Crippen molar-refractivity contribution in [2.24, 2.45) is 0 Å². The Balaban J connectivity index is 2.04. The normalized spacial score (nSPS) is 17.6.